The van der Waals surface area contributed by atoms with Gasteiger partial charge in [0.25, 0.3) is 0 Å². The molecule has 0 radical (unpaired) electrons. The molecule has 0 aromatic heterocycles. The zero-order valence-corrected chi connectivity index (χ0v) is 17.8. The van der Waals surface area contributed by atoms with Gasteiger partial charge < -0.3 is 15.6 Å². The van der Waals surface area contributed by atoms with Crippen molar-refractivity contribution in [3.63, 3.8) is 0 Å². The fraction of sp³-hybridized carbons (Fsp3) is 0.565. The standard InChI is InChI=1S/C23H35NO2S/c1-17(21-12-6-7-13-22(21)24)18(2)23(25)14-5-4-8-15-27-20-11-9-10-19(16-20)26-3/h6-7,9-13,17-18,20,23,25H,4-5,8,14-16,24H2,1-3H3. The summed E-state index contributed by atoms with van der Waals surface area (Å²) in [4.78, 5) is 0. The van der Waals surface area contributed by atoms with Crippen LogP contribution >= 0.6 is 11.8 Å². The van der Waals surface area contributed by atoms with Gasteiger partial charge in [0, 0.05) is 17.4 Å². The molecule has 0 bridgehead atoms. The molecule has 4 heteroatoms. The fourth-order valence-corrected chi connectivity index (χ4v) is 4.72. The monoisotopic (exact) mass is 389 g/mol. The van der Waals surface area contributed by atoms with Gasteiger partial charge in [-0.25, -0.2) is 0 Å². The average molecular weight is 390 g/mol. The maximum Gasteiger partial charge on any atom is 0.0969 e. The molecule has 3 nitrogen and oxygen atoms in total. The van der Waals surface area contributed by atoms with Crippen molar-refractivity contribution in [3.05, 3.63) is 53.8 Å². The third kappa shape index (κ3) is 6.93. The molecule has 0 aliphatic heterocycles. The van der Waals surface area contributed by atoms with Crippen LogP contribution in [0.15, 0.2) is 48.3 Å². The van der Waals surface area contributed by atoms with E-state index in [1.807, 2.05) is 36.0 Å². The van der Waals surface area contributed by atoms with E-state index in [-0.39, 0.29) is 17.9 Å². The number of methoxy groups -OCH3 is 1. The lowest BCUT2D eigenvalue weighted by atomic mass is 9.83. The van der Waals surface area contributed by atoms with Gasteiger partial charge in [-0.1, -0.05) is 57.0 Å². The number of aliphatic hydroxyl groups excluding tert-OH is 1. The first-order valence-electron chi connectivity index (χ1n) is 10.1. The molecule has 27 heavy (non-hydrogen) atoms. The van der Waals surface area contributed by atoms with E-state index in [9.17, 15) is 5.11 Å². The van der Waals surface area contributed by atoms with E-state index >= 15 is 0 Å². The Labute approximate surface area is 169 Å². The van der Waals surface area contributed by atoms with Gasteiger partial charge in [-0.2, -0.15) is 11.8 Å². The van der Waals surface area contributed by atoms with Gasteiger partial charge in [-0.15, -0.1) is 0 Å². The second kappa shape index (κ2) is 11.5. The second-order valence-corrected chi connectivity index (χ2v) is 8.88. The molecule has 4 atom stereocenters. The molecule has 0 fully saturated rings. The van der Waals surface area contributed by atoms with Gasteiger partial charge in [0.15, 0.2) is 0 Å². The van der Waals surface area contributed by atoms with Crippen LogP contribution in [-0.4, -0.2) is 29.3 Å². The first-order valence-corrected chi connectivity index (χ1v) is 11.1. The maximum atomic E-state index is 10.6. The normalized spacial score (nSPS) is 20.0. The lowest BCUT2D eigenvalue weighted by molar-refractivity contribution is 0.0933. The number of allylic oxidation sites excluding steroid dienone is 3. The third-order valence-electron chi connectivity index (χ3n) is 5.63. The summed E-state index contributed by atoms with van der Waals surface area (Å²) in [6.07, 6.45) is 11.4. The Morgan fingerprint density at radius 3 is 2.74 bits per heavy atom. The van der Waals surface area contributed by atoms with Crippen LogP contribution in [0.5, 0.6) is 0 Å². The molecule has 1 aliphatic carbocycles. The number of unbranched alkanes of at least 4 members (excludes halogenated alkanes) is 2. The number of aliphatic hydroxyl groups is 1. The Bertz CT molecular complexity index is 629. The van der Waals surface area contributed by atoms with Gasteiger partial charge in [0.05, 0.1) is 19.0 Å². The molecule has 1 aromatic carbocycles. The molecule has 1 aromatic rings. The van der Waals surface area contributed by atoms with Crippen LogP contribution in [0.3, 0.4) is 0 Å². The van der Waals surface area contributed by atoms with E-state index in [0.29, 0.717) is 5.25 Å². The van der Waals surface area contributed by atoms with E-state index in [1.54, 1.807) is 7.11 Å². The number of benzene rings is 1. The highest BCUT2D eigenvalue weighted by Gasteiger charge is 2.23. The third-order valence-corrected chi connectivity index (χ3v) is 6.91. The molecule has 0 saturated carbocycles. The van der Waals surface area contributed by atoms with Crippen LogP contribution < -0.4 is 5.73 Å². The highest BCUT2D eigenvalue weighted by atomic mass is 32.2. The van der Waals surface area contributed by atoms with Crippen molar-refractivity contribution in [1.29, 1.82) is 0 Å². The summed E-state index contributed by atoms with van der Waals surface area (Å²) >= 11 is 2.00. The number of hydrogen-bond acceptors (Lipinski definition) is 4. The summed E-state index contributed by atoms with van der Waals surface area (Å²) in [5, 5.41) is 11.1. The Kier molecular flexibility index (Phi) is 9.29. The van der Waals surface area contributed by atoms with Crippen LogP contribution in [0, 0.1) is 5.92 Å². The Balaban J connectivity index is 1.62. The zero-order chi connectivity index (χ0) is 19.6. The minimum atomic E-state index is -0.275. The number of hydrogen-bond donors (Lipinski definition) is 2. The number of nitrogen functional groups attached to an aromatic ring is 1. The minimum absolute atomic E-state index is 0.204. The number of anilines is 1. The first-order chi connectivity index (χ1) is 13.0. The molecular weight excluding hydrogens is 354 g/mol. The zero-order valence-electron chi connectivity index (χ0n) is 16.9. The number of rotatable bonds is 11. The summed E-state index contributed by atoms with van der Waals surface area (Å²) in [5.41, 5.74) is 8.06. The van der Waals surface area contributed by atoms with Gasteiger partial charge >= 0.3 is 0 Å². The van der Waals surface area contributed by atoms with Gasteiger partial charge in [-0.05, 0) is 48.1 Å². The highest BCUT2D eigenvalue weighted by Crippen LogP contribution is 2.32. The molecule has 0 spiro atoms. The summed E-state index contributed by atoms with van der Waals surface area (Å²) in [6.45, 7) is 4.30. The van der Waals surface area contributed by atoms with Crippen molar-refractivity contribution in [1.82, 2.24) is 0 Å². The molecule has 2 rings (SSSR count). The van der Waals surface area contributed by atoms with Crippen molar-refractivity contribution in [2.24, 2.45) is 5.92 Å². The minimum Gasteiger partial charge on any atom is -0.501 e. The van der Waals surface area contributed by atoms with Gasteiger partial charge in [0.2, 0.25) is 0 Å². The predicted octanol–water partition coefficient (Wildman–Crippen LogP) is 5.52. The number of ether oxygens (including phenoxy) is 1. The molecule has 0 saturated heterocycles. The Morgan fingerprint density at radius 1 is 1.22 bits per heavy atom. The second-order valence-electron chi connectivity index (χ2n) is 7.53. The maximum absolute atomic E-state index is 10.6. The molecule has 4 unspecified atom stereocenters. The van der Waals surface area contributed by atoms with E-state index in [2.05, 4.69) is 32.1 Å². The van der Waals surface area contributed by atoms with Crippen LogP contribution in [0.25, 0.3) is 0 Å². The van der Waals surface area contributed by atoms with Crippen LogP contribution in [0.1, 0.15) is 57.4 Å². The predicted molar refractivity (Wildman–Crippen MR) is 118 cm³/mol. The summed E-state index contributed by atoms with van der Waals surface area (Å²) < 4.78 is 5.33. The number of thioether (sulfide) groups is 1. The lowest BCUT2D eigenvalue weighted by Crippen LogP contribution is -2.23. The number of nitrogens with two attached hydrogens (primary N) is 1. The molecule has 1 aliphatic rings. The smallest absolute Gasteiger partial charge is 0.0969 e. The highest BCUT2D eigenvalue weighted by molar-refractivity contribution is 8.00. The quantitative estimate of drug-likeness (QED) is 0.386. The SMILES string of the molecule is COC1=CC=CC(SCCCCCC(O)C(C)C(C)c2ccccc2N)C1. The van der Waals surface area contributed by atoms with E-state index < -0.39 is 0 Å². The summed E-state index contributed by atoms with van der Waals surface area (Å²) in [7, 11) is 1.74. The topological polar surface area (TPSA) is 55.5 Å². The van der Waals surface area contributed by atoms with E-state index in [4.69, 9.17) is 10.5 Å². The van der Waals surface area contributed by atoms with Crippen LogP contribution in [0.4, 0.5) is 5.69 Å². The van der Waals surface area contributed by atoms with Gasteiger partial charge in [0.1, 0.15) is 0 Å². The molecule has 3 N–H and O–H groups in total. The van der Waals surface area contributed by atoms with Crippen molar-refractivity contribution in [2.45, 2.75) is 63.2 Å². The Hall–Kier alpha value is -1.39. The van der Waals surface area contributed by atoms with Crippen molar-refractivity contribution in [2.75, 3.05) is 18.6 Å². The number of para-hydroxylation sites is 1. The molecule has 150 valence electrons. The summed E-state index contributed by atoms with van der Waals surface area (Å²) in [5.74, 6) is 2.70. The van der Waals surface area contributed by atoms with E-state index in [0.717, 1.165) is 42.0 Å². The van der Waals surface area contributed by atoms with Crippen molar-refractivity contribution < 1.29 is 9.84 Å². The lowest BCUT2D eigenvalue weighted by Gasteiger charge is -2.26. The first kappa shape index (κ1) is 21.9. The average Bonchev–Trinajstić information content (AvgIpc) is 2.69. The molecule has 0 heterocycles. The van der Waals surface area contributed by atoms with Crippen molar-refractivity contribution >= 4 is 17.4 Å². The van der Waals surface area contributed by atoms with E-state index in [1.165, 1.54) is 12.8 Å². The Morgan fingerprint density at radius 2 is 2.00 bits per heavy atom. The van der Waals surface area contributed by atoms with Crippen molar-refractivity contribution in [3.8, 4) is 0 Å². The summed E-state index contributed by atoms with van der Waals surface area (Å²) in [6, 6.07) is 7.99. The fourth-order valence-electron chi connectivity index (χ4n) is 3.56. The molecule has 0 amide bonds. The van der Waals surface area contributed by atoms with Gasteiger partial charge in [-0.3, -0.25) is 0 Å². The van der Waals surface area contributed by atoms with Crippen LogP contribution in [0.2, 0.25) is 0 Å². The molecular formula is C23H35NO2S. The van der Waals surface area contributed by atoms with Crippen LogP contribution in [-0.2, 0) is 4.74 Å². The largest absolute Gasteiger partial charge is 0.501 e.